The van der Waals surface area contributed by atoms with Gasteiger partial charge < -0.3 is 20.7 Å². The molecular formula is C15H21N3O2. The van der Waals surface area contributed by atoms with E-state index in [1.807, 2.05) is 25.1 Å². The Morgan fingerprint density at radius 1 is 1.35 bits per heavy atom. The molecule has 0 spiro atoms. The van der Waals surface area contributed by atoms with Crippen LogP contribution in [0.2, 0.25) is 0 Å². The van der Waals surface area contributed by atoms with E-state index in [0.29, 0.717) is 5.56 Å². The number of anilines is 2. The Morgan fingerprint density at radius 3 is 2.90 bits per heavy atom. The summed E-state index contributed by atoms with van der Waals surface area (Å²) >= 11 is 0. The van der Waals surface area contributed by atoms with Crippen LogP contribution >= 0.6 is 0 Å². The topological polar surface area (TPSA) is 62.4 Å². The molecule has 0 radical (unpaired) electrons. The Balaban J connectivity index is 1.67. The minimum Gasteiger partial charge on any atom is -0.382 e. The highest BCUT2D eigenvalue weighted by Gasteiger charge is 2.24. The maximum Gasteiger partial charge on any atom is 0.251 e. The molecule has 2 aliphatic heterocycles. The minimum absolute atomic E-state index is 0.0387. The summed E-state index contributed by atoms with van der Waals surface area (Å²) in [5.41, 5.74) is 2.73. The van der Waals surface area contributed by atoms with Gasteiger partial charge in [0.15, 0.2) is 0 Å². The predicted octanol–water partition coefficient (Wildman–Crippen LogP) is 1.82. The molecule has 5 heteroatoms. The number of carbonyl (C=O) groups excluding carboxylic acids is 1. The van der Waals surface area contributed by atoms with Crippen molar-refractivity contribution in [2.24, 2.45) is 0 Å². The largest absolute Gasteiger partial charge is 0.382 e. The molecule has 20 heavy (non-hydrogen) atoms. The van der Waals surface area contributed by atoms with Crippen molar-refractivity contribution in [1.29, 1.82) is 0 Å². The van der Waals surface area contributed by atoms with Gasteiger partial charge in [-0.1, -0.05) is 0 Å². The molecule has 108 valence electrons. The Bertz CT molecular complexity index is 498. The Kier molecular flexibility index (Phi) is 3.78. The molecule has 2 atom stereocenters. The van der Waals surface area contributed by atoms with Crippen molar-refractivity contribution in [3.8, 4) is 0 Å². The molecule has 1 aromatic rings. The lowest BCUT2D eigenvalue weighted by Crippen LogP contribution is -2.40. The lowest BCUT2D eigenvalue weighted by molar-refractivity contribution is 0.0712. The molecule has 5 nitrogen and oxygen atoms in total. The first-order valence-corrected chi connectivity index (χ1v) is 7.28. The average Bonchev–Trinajstić information content (AvgIpc) is 3.01. The van der Waals surface area contributed by atoms with Crippen LogP contribution in [0.4, 0.5) is 11.4 Å². The van der Waals surface area contributed by atoms with E-state index in [1.165, 1.54) is 0 Å². The highest BCUT2D eigenvalue weighted by Crippen LogP contribution is 2.25. The zero-order chi connectivity index (χ0) is 13.9. The van der Waals surface area contributed by atoms with Crippen LogP contribution in [-0.2, 0) is 4.74 Å². The smallest absolute Gasteiger partial charge is 0.251 e. The zero-order valence-corrected chi connectivity index (χ0v) is 11.7. The molecule has 1 fully saturated rings. The van der Waals surface area contributed by atoms with Gasteiger partial charge in [-0.15, -0.1) is 0 Å². The molecule has 0 saturated carbocycles. The fourth-order valence-corrected chi connectivity index (χ4v) is 2.76. The number of fused-ring (bicyclic) bond motifs is 1. The molecule has 0 aliphatic carbocycles. The second-order valence-electron chi connectivity index (χ2n) is 5.43. The Hall–Kier alpha value is -1.75. The maximum atomic E-state index is 12.3. The molecule has 0 bridgehead atoms. The zero-order valence-electron chi connectivity index (χ0n) is 11.7. The number of nitrogens with one attached hydrogen (secondary N) is 3. The van der Waals surface area contributed by atoms with Crippen molar-refractivity contribution in [3.63, 3.8) is 0 Å². The second kappa shape index (κ2) is 5.71. The van der Waals surface area contributed by atoms with Crippen molar-refractivity contribution in [1.82, 2.24) is 5.32 Å². The standard InChI is InChI=1S/C15H21N3O2/c1-10(14-3-2-8-20-14)18-15(19)11-4-5-12-13(9-11)17-7-6-16-12/h4-5,9-10,14,16-17H,2-3,6-8H2,1H3,(H,18,19). The number of carbonyl (C=O) groups is 1. The summed E-state index contributed by atoms with van der Waals surface area (Å²) in [6, 6.07) is 5.76. The fraction of sp³-hybridized carbons (Fsp3) is 0.533. The first kappa shape index (κ1) is 13.2. The van der Waals surface area contributed by atoms with E-state index in [4.69, 9.17) is 4.74 Å². The Labute approximate surface area is 119 Å². The van der Waals surface area contributed by atoms with Crippen LogP contribution in [0.1, 0.15) is 30.1 Å². The van der Waals surface area contributed by atoms with Gasteiger partial charge in [-0.2, -0.15) is 0 Å². The molecule has 2 heterocycles. The van der Waals surface area contributed by atoms with E-state index in [-0.39, 0.29) is 18.1 Å². The van der Waals surface area contributed by atoms with Crippen LogP contribution in [0, 0.1) is 0 Å². The van der Waals surface area contributed by atoms with E-state index >= 15 is 0 Å². The number of hydrogen-bond acceptors (Lipinski definition) is 4. The van der Waals surface area contributed by atoms with Crippen molar-refractivity contribution in [3.05, 3.63) is 23.8 Å². The van der Waals surface area contributed by atoms with Crippen LogP contribution in [0.25, 0.3) is 0 Å². The van der Waals surface area contributed by atoms with Crippen molar-refractivity contribution >= 4 is 17.3 Å². The van der Waals surface area contributed by atoms with Gasteiger partial charge in [-0.05, 0) is 38.0 Å². The van der Waals surface area contributed by atoms with Crippen LogP contribution in [0.5, 0.6) is 0 Å². The Morgan fingerprint density at radius 2 is 2.15 bits per heavy atom. The summed E-state index contributed by atoms with van der Waals surface area (Å²) in [6.45, 7) is 4.60. The van der Waals surface area contributed by atoms with E-state index < -0.39 is 0 Å². The van der Waals surface area contributed by atoms with Crippen LogP contribution in [0.3, 0.4) is 0 Å². The first-order valence-electron chi connectivity index (χ1n) is 7.28. The molecule has 2 aliphatic rings. The maximum absolute atomic E-state index is 12.3. The van der Waals surface area contributed by atoms with Crippen LogP contribution in [0.15, 0.2) is 18.2 Å². The number of hydrogen-bond donors (Lipinski definition) is 3. The average molecular weight is 275 g/mol. The summed E-state index contributed by atoms with van der Waals surface area (Å²) in [6.07, 6.45) is 2.26. The number of ether oxygens (including phenoxy) is 1. The summed E-state index contributed by atoms with van der Waals surface area (Å²) in [5.74, 6) is -0.0387. The normalized spacial score (nSPS) is 22.4. The highest BCUT2D eigenvalue weighted by atomic mass is 16.5. The molecule has 2 unspecified atom stereocenters. The third-order valence-electron chi connectivity index (χ3n) is 3.92. The van der Waals surface area contributed by atoms with Crippen LogP contribution in [-0.4, -0.2) is 37.7 Å². The predicted molar refractivity (Wildman–Crippen MR) is 79.3 cm³/mol. The SMILES string of the molecule is CC(NC(=O)c1ccc2c(c1)NCCN2)C1CCCO1. The van der Waals surface area contributed by atoms with Crippen molar-refractivity contribution < 1.29 is 9.53 Å². The monoisotopic (exact) mass is 275 g/mol. The molecule has 3 rings (SSSR count). The van der Waals surface area contributed by atoms with Gasteiger partial charge in [0.25, 0.3) is 5.91 Å². The van der Waals surface area contributed by atoms with Gasteiger partial charge in [0.05, 0.1) is 23.5 Å². The number of benzene rings is 1. The minimum atomic E-state index is -0.0387. The number of amides is 1. The molecular weight excluding hydrogens is 254 g/mol. The van der Waals surface area contributed by atoms with Gasteiger partial charge in [-0.3, -0.25) is 4.79 Å². The summed E-state index contributed by atoms with van der Waals surface area (Å²) in [5, 5.41) is 9.63. The summed E-state index contributed by atoms with van der Waals surface area (Å²) in [4.78, 5) is 12.3. The molecule has 1 aromatic carbocycles. The van der Waals surface area contributed by atoms with Gasteiger partial charge in [0, 0.05) is 25.3 Å². The van der Waals surface area contributed by atoms with E-state index in [9.17, 15) is 4.79 Å². The molecule has 3 N–H and O–H groups in total. The van der Waals surface area contributed by atoms with Crippen LogP contribution < -0.4 is 16.0 Å². The van der Waals surface area contributed by atoms with Crippen molar-refractivity contribution in [2.45, 2.75) is 31.9 Å². The quantitative estimate of drug-likeness (QED) is 0.787. The van der Waals surface area contributed by atoms with Gasteiger partial charge in [0.1, 0.15) is 0 Å². The van der Waals surface area contributed by atoms with Gasteiger partial charge >= 0.3 is 0 Å². The third-order valence-corrected chi connectivity index (χ3v) is 3.92. The van der Waals surface area contributed by atoms with E-state index in [2.05, 4.69) is 16.0 Å². The lowest BCUT2D eigenvalue weighted by Gasteiger charge is -2.22. The molecule has 1 saturated heterocycles. The first-order chi connectivity index (χ1) is 9.74. The van der Waals surface area contributed by atoms with Gasteiger partial charge in [0.2, 0.25) is 0 Å². The summed E-state index contributed by atoms with van der Waals surface area (Å²) in [7, 11) is 0. The van der Waals surface area contributed by atoms with Gasteiger partial charge in [-0.25, -0.2) is 0 Å². The fourth-order valence-electron chi connectivity index (χ4n) is 2.76. The molecule has 1 amide bonds. The van der Waals surface area contributed by atoms with E-state index in [0.717, 1.165) is 43.9 Å². The highest BCUT2D eigenvalue weighted by molar-refractivity contribution is 5.96. The van der Waals surface area contributed by atoms with E-state index in [1.54, 1.807) is 0 Å². The second-order valence-corrected chi connectivity index (χ2v) is 5.43. The van der Waals surface area contributed by atoms with Crippen molar-refractivity contribution in [2.75, 3.05) is 30.3 Å². The number of rotatable bonds is 3. The molecule has 0 aromatic heterocycles. The summed E-state index contributed by atoms with van der Waals surface area (Å²) < 4.78 is 5.60. The third kappa shape index (κ3) is 2.72. The lowest BCUT2D eigenvalue weighted by atomic mass is 10.1.